The number of furan rings is 1. The predicted molar refractivity (Wildman–Crippen MR) is 227 cm³/mol. The van der Waals surface area contributed by atoms with E-state index in [-0.39, 0.29) is 5.92 Å². The lowest BCUT2D eigenvalue weighted by Crippen LogP contribution is -2.27. The normalized spacial score (nSPS) is 27.8. The monoisotopic (exact) mass is 716 g/mol. The molecule has 1 aromatic heterocycles. The molecular formula is C53H48O2. The van der Waals surface area contributed by atoms with Gasteiger partial charge in [-0.1, -0.05) is 139 Å². The van der Waals surface area contributed by atoms with Crippen molar-refractivity contribution < 1.29 is 9.15 Å². The second kappa shape index (κ2) is 13.4. The maximum atomic E-state index is 6.70. The molecule has 0 aliphatic heterocycles. The van der Waals surface area contributed by atoms with E-state index in [1.54, 1.807) is 11.1 Å². The van der Waals surface area contributed by atoms with Crippen molar-refractivity contribution in [2.24, 2.45) is 23.7 Å². The number of hydrogen-bond donors (Lipinski definition) is 0. The number of methoxy groups -OCH3 is 1. The largest absolute Gasteiger partial charge is 0.500 e. The third-order valence-corrected chi connectivity index (χ3v) is 13.8. The number of hydrogen-bond acceptors (Lipinski definition) is 2. The molecule has 0 radical (unpaired) electrons. The minimum atomic E-state index is 0.233. The van der Waals surface area contributed by atoms with E-state index in [0.717, 1.165) is 37.0 Å². The predicted octanol–water partition coefficient (Wildman–Crippen LogP) is 13.7. The second-order valence-electron chi connectivity index (χ2n) is 16.7. The van der Waals surface area contributed by atoms with Gasteiger partial charge in [-0.25, -0.2) is 0 Å². The van der Waals surface area contributed by atoms with Gasteiger partial charge in [0.2, 0.25) is 0 Å². The minimum absolute atomic E-state index is 0.233. The Balaban J connectivity index is 1.07. The molecule has 3 aromatic carbocycles. The van der Waals surface area contributed by atoms with Gasteiger partial charge in [0.15, 0.2) is 0 Å². The smallest absolute Gasteiger partial charge is 0.134 e. The van der Waals surface area contributed by atoms with E-state index < -0.39 is 0 Å². The number of ether oxygens (including phenoxy) is 1. The van der Waals surface area contributed by atoms with Crippen molar-refractivity contribution >= 4 is 33.8 Å². The highest BCUT2D eigenvalue weighted by Crippen LogP contribution is 2.57. The molecule has 2 nitrogen and oxygen atoms in total. The van der Waals surface area contributed by atoms with E-state index in [9.17, 15) is 0 Å². The number of rotatable bonds is 5. The molecule has 0 amide bonds. The van der Waals surface area contributed by atoms with Gasteiger partial charge in [-0.05, 0) is 114 Å². The number of benzene rings is 3. The Morgan fingerprint density at radius 1 is 0.691 bits per heavy atom. The van der Waals surface area contributed by atoms with Crippen molar-refractivity contribution in [2.45, 2.75) is 63.2 Å². The first-order chi connectivity index (χ1) is 27.2. The summed E-state index contributed by atoms with van der Waals surface area (Å²) in [6, 6.07) is 27.7. The highest BCUT2D eigenvalue weighted by Gasteiger charge is 2.41. The maximum Gasteiger partial charge on any atom is 0.134 e. The van der Waals surface area contributed by atoms with Crippen molar-refractivity contribution in [3.8, 4) is 0 Å². The zero-order valence-corrected chi connectivity index (χ0v) is 31.7. The van der Waals surface area contributed by atoms with Crippen molar-refractivity contribution in [3.05, 3.63) is 190 Å². The molecule has 1 fully saturated rings. The summed E-state index contributed by atoms with van der Waals surface area (Å²) in [5.41, 5.74) is 16.6. The third kappa shape index (κ3) is 5.43. The minimum Gasteiger partial charge on any atom is -0.500 e. The second-order valence-corrected chi connectivity index (χ2v) is 16.7. The van der Waals surface area contributed by atoms with Crippen LogP contribution in [-0.2, 0) is 4.74 Å². The average Bonchev–Trinajstić information content (AvgIpc) is 3.64. The Bertz CT molecular complexity index is 2500. The van der Waals surface area contributed by atoms with E-state index in [2.05, 4.69) is 140 Å². The highest BCUT2D eigenvalue weighted by molar-refractivity contribution is 5.94. The molecule has 7 aliphatic carbocycles. The zero-order valence-electron chi connectivity index (χ0n) is 31.7. The molecule has 6 atom stereocenters. The Morgan fingerprint density at radius 3 is 2.51 bits per heavy atom. The number of allylic oxidation sites excluding steroid dienone is 16. The van der Waals surface area contributed by atoms with Crippen LogP contribution in [0.2, 0.25) is 0 Å². The van der Waals surface area contributed by atoms with Gasteiger partial charge < -0.3 is 9.15 Å². The summed E-state index contributed by atoms with van der Waals surface area (Å²) in [5, 5.41) is 1.28. The summed E-state index contributed by atoms with van der Waals surface area (Å²) in [4.78, 5) is 0. The molecule has 0 N–H and O–H groups in total. The van der Waals surface area contributed by atoms with Crippen LogP contribution in [0.15, 0.2) is 160 Å². The van der Waals surface area contributed by atoms with Crippen LogP contribution in [0, 0.1) is 23.7 Å². The molecule has 6 unspecified atom stereocenters. The SMILES string of the molecule is COC1=C(c2cccc(C3=C4CCCCC4C(c4ccc5oc6c(c5c4)C=CC4CCC=CC64)C4=C3C=C(c3ccccc3)CC4)c2)C=CC2C=CC=CC12. The summed E-state index contributed by atoms with van der Waals surface area (Å²) in [6.07, 6.45) is 35.1. The van der Waals surface area contributed by atoms with Gasteiger partial charge in [-0.3, -0.25) is 0 Å². The molecule has 4 aromatic rings. The molecule has 1 saturated carbocycles. The van der Waals surface area contributed by atoms with E-state index in [4.69, 9.17) is 9.15 Å². The molecule has 0 spiro atoms. The molecule has 0 bridgehead atoms. The fraction of sp³-hybridized carbons (Fsp3) is 0.283. The van der Waals surface area contributed by atoms with Crippen molar-refractivity contribution in [1.82, 2.24) is 0 Å². The van der Waals surface area contributed by atoms with Gasteiger partial charge in [-0.15, -0.1) is 0 Å². The van der Waals surface area contributed by atoms with Crippen LogP contribution in [-0.4, -0.2) is 7.11 Å². The summed E-state index contributed by atoms with van der Waals surface area (Å²) < 4.78 is 12.9. The van der Waals surface area contributed by atoms with Crippen LogP contribution in [0.25, 0.3) is 33.8 Å². The lowest BCUT2D eigenvalue weighted by atomic mass is 9.61. The first-order valence-corrected chi connectivity index (χ1v) is 20.8. The van der Waals surface area contributed by atoms with Crippen LogP contribution in [0.4, 0.5) is 0 Å². The topological polar surface area (TPSA) is 22.4 Å². The molecule has 7 aliphatic rings. The summed E-state index contributed by atoms with van der Waals surface area (Å²) in [7, 11) is 1.84. The third-order valence-electron chi connectivity index (χ3n) is 13.8. The zero-order chi connectivity index (χ0) is 36.5. The van der Waals surface area contributed by atoms with E-state index in [1.807, 2.05) is 7.11 Å². The lowest BCUT2D eigenvalue weighted by Gasteiger charge is -2.43. The van der Waals surface area contributed by atoms with E-state index >= 15 is 0 Å². The van der Waals surface area contributed by atoms with Gasteiger partial charge in [0.1, 0.15) is 17.1 Å². The summed E-state index contributed by atoms with van der Waals surface area (Å²) >= 11 is 0. The van der Waals surface area contributed by atoms with Crippen LogP contribution in [0.5, 0.6) is 0 Å². The van der Waals surface area contributed by atoms with Gasteiger partial charge >= 0.3 is 0 Å². The summed E-state index contributed by atoms with van der Waals surface area (Å²) in [6.45, 7) is 0. The lowest BCUT2D eigenvalue weighted by molar-refractivity contribution is 0.247. The Labute approximate surface area is 325 Å². The van der Waals surface area contributed by atoms with E-state index in [1.165, 1.54) is 86.9 Å². The van der Waals surface area contributed by atoms with Crippen LogP contribution < -0.4 is 0 Å². The first-order valence-electron chi connectivity index (χ1n) is 20.8. The van der Waals surface area contributed by atoms with Crippen molar-refractivity contribution in [2.75, 3.05) is 7.11 Å². The molecule has 0 saturated heterocycles. The van der Waals surface area contributed by atoms with Crippen molar-refractivity contribution in [1.29, 1.82) is 0 Å². The van der Waals surface area contributed by atoms with Gasteiger partial charge in [-0.2, -0.15) is 0 Å². The van der Waals surface area contributed by atoms with E-state index in [0.29, 0.717) is 29.6 Å². The van der Waals surface area contributed by atoms with Gasteiger partial charge in [0.05, 0.1) is 7.11 Å². The average molecular weight is 717 g/mol. The molecule has 1 heterocycles. The Kier molecular flexibility index (Phi) is 8.08. The first kappa shape index (κ1) is 33.0. The number of fused-ring (bicyclic) bond motifs is 7. The quantitative estimate of drug-likeness (QED) is 0.192. The summed E-state index contributed by atoms with van der Waals surface area (Å²) in [5.74, 6) is 4.56. The van der Waals surface area contributed by atoms with Crippen LogP contribution in [0.1, 0.15) is 96.8 Å². The van der Waals surface area contributed by atoms with Crippen molar-refractivity contribution in [3.63, 3.8) is 0 Å². The molecule has 2 heteroatoms. The van der Waals surface area contributed by atoms with Crippen LogP contribution in [0.3, 0.4) is 0 Å². The Morgan fingerprint density at radius 2 is 1.58 bits per heavy atom. The molecule has 55 heavy (non-hydrogen) atoms. The maximum absolute atomic E-state index is 6.70. The van der Waals surface area contributed by atoms with Gasteiger partial charge in [0, 0.05) is 40.2 Å². The molecule has 272 valence electrons. The molecular weight excluding hydrogens is 669 g/mol. The fourth-order valence-electron chi connectivity index (χ4n) is 11.3. The van der Waals surface area contributed by atoms with Crippen LogP contribution >= 0.6 is 0 Å². The molecule has 11 rings (SSSR count). The fourth-order valence-corrected chi connectivity index (χ4v) is 11.3. The van der Waals surface area contributed by atoms with Gasteiger partial charge in [0.25, 0.3) is 0 Å². The highest BCUT2D eigenvalue weighted by atomic mass is 16.5. The Hall–Kier alpha value is -5.34. The standard InChI is InChI=1S/C53H48O2/c1-54-52-40-18-7-5-14-34(40)22-26-42(52)37-16-11-17-38(30-37)51-44-21-10-9-20-43(44)50(45-27-24-36(31-48(45)51)33-12-3-2-4-13-33)39-25-29-49-47(32-39)46-28-23-35-15-6-8-19-41(35)53(46)55-49/h2-5,7-8,11-14,16-19,22-23,25-26,28-32,34-35,40-41,43,50H,6,9-10,15,20-21,24,27H2,1H3.